The predicted octanol–water partition coefficient (Wildman–Crippen LogP) is 2.71. The molecule has 5 nitrogen and oxygen atoms in total. The van der Waals surface area contributed by atoms with Gasteiger partial charge in [-0.3, -0.25) is 0 Å². The maximum Gasteiger partial charge on any atom is 0.191 e. The molecule has 3 N–H and O–H groups in total. The predicted molar refractivity (Wildman–Crippen MR) is 100 cm³/mol. The Hall–Kier alpha value is -1.75. The molecule has 0 atom stereocenters. The fourth-order valence-electron chi connectivity index (χ4n) is 3.02. The lowest BCUT2D eigenvalue weighted by Gasteiger charge is -2.33. The fourth-order valence-corrected chi connectivity index (χ4v) is 3.02. The number of likely N-dealkylation sites (tertiary alicyclic amines) is 1. The van der Waals surface area contributed by atoms with E-state index in [0.29, 0.717) is 18.3 Å². The number of hydrogen-bond donors (Lipinski definition) is 3. The average molecular weight is 332 g/mol. The standard InChI is InChI=1S/C19H32N4O/c1-3-5-11-23-12-9-17(10-13-23)22-19(20-4-2)21-15-16-7-6-8-18(24)14-16/h6-8,14,17,24H,3-5,9-13,15H2,1-2H3,(H2,20,21,22). The van der Waals surface area contributed by atoms with E-state index in [0.717, 1.165) is 18.1 Å². The Morgan fingerprint density at radius 3 is 2.75 bits per heavy atom. The molecule has 0 bridgehead atoms. The van der Waals surface area contributed by atoms with Crippen LogP contribution in [0.5, 0.6) is 5.75 Å². The van der Waals surface area contributed by atoms with Crippen molar-refractivity contribution in [3.8, 4) is 5.75 Å². The van der Waals surface area contributed by atoms with Crippen molar-refractivity contribution in [1.29, 1.82) is 0 Å². The van der Waals surface area contributed by atoms with E-state index in [1.165, 1.54) is 45.3 Å². The number of aromatic hydroxyl groups is 1. The zero-order valence-corrected chi connectivity index (χ0v) is 15.1. The van der Waals surface area contributed by atoms with E-state index in [9.17, 15) is 5.11 Å². The molecule has 2 rings (SSSR count). The van der Waals surface area contributed by atoms with E-state index < -0.39 is 0 Å². The van der Waals surface area contributed by atoms with Gasteiger partial charge in [0, 0.05) is 25.7 Å². The number of hydrogen-bond acceptors (Lipinski definition) is 3. The summed E-state index contributed by atoms with van der Waals surface area (Å²) in [4.78, 5) is 7.23. The van der Waals surface area contributed by atoms with Crippen LogP contribution < -0.4 is 10.6 Å². The van der Waals surface area contributed by atoms with Crippen molar-refractivity contribution in [3.63, 3.8) is 0 Å². The molecule has 0 saturated carbocycles. The van der Waals surface area contributed by atoms with E-state index in [4.69, 9.17) is 0 Å². The van der Waals surface area contributed by atoms with Crippen LogP contribution in [0.2, 0.25) is 0 Å². The lowest BCUT2D eigenvalue weighted by Crippen LogP contribution is -2.48. The number of phenols is 1. The number of nitrogens with one attached hydrogen (secondary N) is 2. The second kappa shape index (κ2) is 10.2. The molecule has 1 aliphatic rings. The van der Waals surface area contributed by atoms with Gasteiger partial charge in [0.05, 0.1) is 6.54 Å². The van der Waals surface area contributed by atoms with Crippen molar-refractivity contribution in [1.82, 2.24) is 15.5 Å². The first kappa shape index (κ1) is 18.6. The number of unbranched alkanes of at least 4 members (excludes halogenated alkanes) is 1. The third-order valence-electron chi connectivity index (χ3n) is 4.43. The first-order valence-corrected chi connectivity index (χ1v) is 9.26. The Bertz CT molecular complexity index is 510. The van der Waals surface area contributed by atoms with Crippen LogP contribution in [0.3, 0.4) is 0 Å². The smallest absolute Gasteiger partial charge is 0.191 e. The van der Waals surface area contributed by atoms with Gasteiger partial charge in [-0.05, 0) is 50.4 Å². The molecule has 1 aromatic rings. The zero-order valence-electron chi connectivity index (χ0n) is 15.1. The third kappa shape index (κ3) is 6.40. The van der Waals surface area contributed by atoms with Gasteiger partial charge >= 0.3 is 0 Å². The molecule has 0 spiro atoms. The summed E-state index contributed by atoms with van der Waals surface area (Å²) in [5.41, 5.74) is 1.02. The molecule has 1 aliphatic heterocycles. The van der Waals surface area contributed by atoms with Gasteiger partial charge in [-0.25, -0.2) is 4.99 Å². The second-order valence-electron chi connectivity index (χ2n) is 6.48. The molecule has 1 fully saturated rings. The van der Waals surface area contributed by atoms with Crippen LogP contribution in [0.25, 0.3) is 0 Å². The molecule has 0 radical (unpaired) electrons. The van der Waals surface area contributed by atoms with Crippen molar-refractivity contribution in [2.75, 3.05) is 26.2 Å². The minimum absolute atomic E-state index is 0.292. The molecule has 0 aromatic heterocycles. The average Bonchev–Trinajstić information content (AvgIpc) is 2.59. The van der Waals surface area contributed by atoms with Gasteiger partial charge in [-0.1, -0.05) is 25.5 Å². The number of benzene rings is 1. The monoisotopic (exact) mass is 332 g/mol. The summed E-state index contributed by atoms with van der Waals surface area (Å²) in [6.45, 7) is 9.32. The minimum Gasteiger partial charge on any atom is -0.508 e. The zero-order chi connectivity index (χ0) is 17.2. The number of phenolic OH excluding ortho intramolecular Hbond substituents is 1. The van der Waals surface area contributed by atoms with Crippen molar-refractivity contribution in [3.05, 3.63) is 29.8 Å². The van der Waals surface area contributed by atoms with Gasteiger partial charge in [0.1, 0.15) is 5.75 Å². The molecule has 1 heterocycles. The van der Waals surface area contributed by atoms with Gasteiger partial charge in [0.15, 0.2) is 5.96 Å². The largest absolute Gasteiger partial charge is 0.508 e. The molecule has 0 unspecified atom stereocenters. The second-order valence-corrected chi connectivity index (χ2v) is 6.48. The van der Waals surface area contributed by atoms with Crippen LogP contribution in [0, 0.1) is 0 Å². The van der Waals surface area contributed by atoms with Gasteiger partial charge < -0.3 is 20.6 Å². The Morgan fingerprint density at radius 1 is 1.29 bits per heavy atom. The number of piperidine rings is 1. The van der Waals surface area contributed by atoms with Crippen LogP contribution in [0.4, 0.5) is 0 Å². The fraction of sp³-hybridized carbons (Fsp3) is 0.632. The Labute approximate surface area is 146 Å². The number of aliphatic imine (C=N–C) groups is 1. The summed E-state index contributed by atoms with van der Waals surface area (Å²) >= 11 is 0. The van der Waals surface area contributed by atoms with Crippen LogP contribution in [0.1, 0.15) is 45.1 Å². The highest BCUT2D eigenvalue weighted by atomic mass is 16.3. The highest BCUT2D eigenvalue weighted by Gasteiger charge is 2.19. The Morgan fingerprint density at radius 2 is 2.08 bits per heavy atom. The van der Waals surface area contributed by atoms with Crippen molar-refractivity contribution in [2.24, 2.45) is 4.99 Å². The van der Waals surface area contributed by atoms with Gasteiger partial charge in [0.2, 0.25) is 0 Å². The van der Waals surface area contributed by atoms with E-state index >= 15 is 0 Å². The van der Waals surface area contributed by atoms with E-state index in [1.54, 1.807) is 12.1 Å². The summed E-state index contributed by atoms with van der Waals surface area (Å²) in [6.07, 6.45) is 4.90. The lowest BCUT2D eigenvalue weighted by atomic mass is 10.0. The quantitative estimate of drug-likeness (QED) is 0.531. The Kier molecular flexibility index (Phi) is 7.89. The summed E-state index contributed by atoms with van der Waals surface area (Å²) in [7, 11) is 0. The molecule has 134 valence electrons. The molecular formula is C19H32N4O. The number of guanidine groups is 1. The third-order valence-corrected chi connectivity index (χ3v) is 4.43. The molecular weight excluding hydrogens is 300 g/mol. The number of nitrogens with zero attached hydrogens (tertiary/aromatic N) is 2. The normalized spacial score (nSPS) is 17.0. The summed E-state index contributed by atoms with van der Waals surface area (Å²) < 4.78 is 0. The van der Waals surface area contributed by atoms with Gasteiger partial charge in [-0.2, -0.15) is 0 Å². The SMILES string of the molecule is CCCCN1CCC(NC(=NCc2cccc(O)c2)NCC)CC1. The van der Waals surface area contributed by atoms with Crippen LogP contribution >= 0.6 is 0 Å². The first-order valence-electron chi connectivity index (χ1n) is 9.26. The lowest BCUT2D eigenvalue weighted by molar-refractivity contribution is 0.203. The molecule has 0 aliphatic carbocycles. The maximum atomic E-state index is 9.54. The van der Waals surface area contributed by atoms with E-state index in [1.807, 2.05) is 12.1 Å². The summed E-state index contributed by atoms with van der Waals surface area (Å²) in [6, 6.07) is 7.78. The van der Waals surface area contributed by atoms with Crippen molar-refractivity contribution in [2.45, 2.75) is 52.1 Å². The minimum atomic E-state index is 0.292. The van der Waals surface area contributed by atoms with E-state index in [2.05, 4.69) is 34.4 Å². The molecule has 1 saturated heterocycles. The van der Waals surface area contributed by atoms with Gasteiger partial charge in [0.25, 0.3) is 0 Å². The van der Waals surface area contributed by atoms with Gasteiger partial charge in [-0.15, -0.1) is 0 Å². The topological polar surface area (TPSA) is 59.9 Å². The van der Waals surface area contributed by atoms with Crippen LogP contribution in [-0.2, 0) is 6.54 Å². The summed E-state index contributed by atoms with van der Waals surface area (Å²) in [5, 5.41) is 16.4. The van der Waals surface area contributed by atoms with Crippen molar-refractivity contribution >= 4 is 5.96 Å². The highest BCUT2D eigenvalue weighted by Crippen LogP contribution is 2.13. The molecule has 24 heavy (non-hydrogen) atoms. The highest BCUT2D eigenvalue weighted by molar-refractivity contribution is 5.80. The Balaban J connectivity index is 1.83. The maximum absolute atomic E-state index is 9.54. The molecule has 0 amide bonds. The van der Waals surface area contributed by atoms with Crippen LogP contribution in [-0.4, -0.2) is 48.2 Å². The van der Waals surface area contributed by atoms with Crippen molar-refractivity contribution < 1.29 is 5.11 Å². The number of rotatable bonds is 7. The van der Waals surface area contributed by atoms with E-state index in [-0.39, 0.29) is 0 Å². The van der Waals surface area contributed by atoms with Crippen LogP contribution in [0.15, 0.2) is 29.3 Å². The molecule has 1 aromatic carbocycles. The first-order chi connectivity index (χ1) is 11.7. The summed E-state index contributed by atoms with van der Waals surface area (Å²) in [5.74, 6) is 1.16. The molecule has 5 heteroatoms.